The molecule has 162 valence electrons. The molecule has 9 heteroatoms. The zero-order chi connectivity index (χ0) is 22.1. The Morgan fingerprint density at radius 2 is 1.87 bits per heavy atom. The van der Waals surface area contributed by atoms with Gasteiger partial charge in [-0.2, -0.15) is 0 Å². The van der Waals surface area contributed by atoms with Crippen molar-refractivity contribution in [3.8, 4) is 5.75 Å². The maximum atomic E-state index is 12.4. The first-order valence-electron chi connectivity index (χ1n) is 9.37. The number of para-hydroxylation sites is 1. The fourth-order valence-corrected chi connectivity index (χ4v) is 3.53. The quantitative estimate of drug-likeness (QED) is 0.554. The highest BCUT2D eigenvalue weighted by atomic mass is 32.1. The fourth-order valence-electron chi connectivity index (χ4n) is 2.55. The minimum absolute atomic E-state index is 0.0257. The van der Waals surface area contributed by atoms with Crippen LogP contribution >= 0.6 is 11.3 Å². The minimum atomic E-state index is -1.23. The second kappa shape index (κ2) is 10.7. The number of hydrogen-bond acceptors (Lipinski definition) is 8. The van der Waals surface area contributed by atoms with Gasteiger partial charge in [0.2, 0.25) is 5.91 Å². The lowest BCUT2D eigenvalue weighted by Gasteiger charge is -2.27. The number of methoxy groups -OCH3 is 1. The average Bonchev–Trinajstić information content (AvgIpc) is 3.11. The van der Waals surface area contributed by atoms with Crippen molar-refractivity contribution in [3.05, 3.63) is 46.8 Å². The van der Waals surface area contributed by atoms with Crippen LogP contribution in [-0.4, -0.2) is 50.3 Å². The molecule has 0 fully saturated rings. The standard InChI is InChI=1S/C21H26N2O6S/c1-5-28-19(25)18-14(2)11-17(30-18)23-16(24)12-22-21(3,20(26)27-4)13-29-15-9-7-6-8-10-15/h6-11,22H,5,12-13H2,1-4H3,(H,23,24). The molecule has 0 aliphatic carbocycles. The first-order valence-corrected chi connectivity index (χ1v) is 10.2. The Morgan fingerprint density at radius 3 is 2.50 bits per heavy atom. The van der Waals surface area contributed by atoms with Crippen molar-refractivity contribution in [2.75, 3.05) is 32.2 Å². The summed E-state index contributed by atoms with van der Waals surface area (Å²) in [7, 11) is 1.27. The van der Waals surface area contributed by atoms with Gasteiger partial charge < -0.3 is 19.5 Å². The fraction of sp³-hybridized carbons (Fsp3) is 0.381. The van der Waals surface area contributed by atoms with Crippen LogP contribution in [0.3, 0.4) is 0 Å². The Labute approximate surface area is 179 Å². The topological polar surface area (TPSA) is 103 Å². The molecule has 1 aromatic carbocycles. The lowest BCUT2D eigenvalue weighted by atomic mass is 10.0. The summed E-state index contributed by atoms with van der Waals surface area (Å²) in [6, 6.07) is 10.7. The first-order chi connectivity index (χ1) is 14.3. The number of carbonyl (C=O) groups is 3. The van der Waals surface area contributed by atoms with E-state index in [4.69, 9.17) is 14.2 Å². The Balaban J connectivity index is 1.97. The number of amides is 1. The van der Waals surface area contributed by atoms with E-state index in [0.29, 0.717) is 15.6 Å². The van der Waals surface area contributed by atoms with Gasteiger partial charge in [0.15, 0.2) is 0 Å². The molecule has 0 saturated carbocycles. The normalized spacial score (nSPS) is 12.5. The lowest BCUT2D eigenvalue weighted by molar-refractivity contribution is -0.149. The summed E-state index contributed by atoms with van der Waals surface area (Å²) in [6.07, 6.45) is 0. The maximum Gasteiger partial charge on any atom is 0.348 e. The molecule has 0 aliphatic heterocycles. The first kappa shape index (κ1) is 23.4. The highest BCUT2D eigenvalue weighted by Gasteiger charge is 2.35. The molecule has 8 nitrogen and oxygen atoms in total. The predicted molar refractivity (Wildman–Crippen MR) is 114 cm³/mol. The van der Waals surface area contributed by atoms with E-state index in [1.807, 2.05) is 18.2 Å². The van der Waals surface area contributed by atoms with Crippen LogP contribution in [-0.2, 0) is 19.1 Å². The van der Waals surface area contributed by atoms with Crippen LogP contribution in [0.25, 0.3) is 0 Å². The number of esters is 2. The summed E-state index contributed by atoms with van der Waals surface area (Å²) in [4.78, 5) is 37.0. The van der Waals surface area contributed by atoms with E-state index in [0.717, 1.165) is 16.9 Å². The zero-order valence-electron chi connectivity index (χ0n) is 17.4. The molecule has 1 heterocycles. The third kappa shape index (κ3) is 6.30. The molecule has 2 rings (SSSR count). The SMILES string of the molecule is CCOC(=O)c1sc(NC(=O)CNC(C)(COc2ccccc2)C(=O)OC)cc1C. The van der Waals surface area contributed by atoms with E-state index >= 15 is 0 Å². The Hall–Kier alpha value is -2.91. The molecule has 30 heavy (non-hydrogen) atoms. The van der Waals surface area contributed by atoms with Crippen molar-refractivity contribution < 1.29 is 28.6 Å². The smallest absolute Gasteiger partial charge is 0.348 e. The van der Waals surface area contributed by atoms with Gasteiger partial charge in [-0.15, -0.1) is 11.3 Å². The Morgan fingerprint density at radius 1 is 1.17 bits per heavy atom. The summed E-state index contributed by atoms with van der Waals surface area (Å²) in [6.45, 7) is 5.20. The molecule has 1 amide bonds. The molecule has 0 bridgehead atoms. The Kier molecular flexibility index (Phi) is 8.37. The van der Waals surface area contributed by atoms with E-state index < -0.39 is 17.5 Å². The molecule has 1 atom stereocenters. The van der Waals surface area contributed by atoms with Crippen molar-refractivity contribution in [2.24, 2.45) is 0 Å². The van der Waals surface area contributed by atoms with E-state index in [2.05, 4.69) is 10.6 Å². The van der Waals surface area contributed by atoms with Crippen molar-refractivity contribution >= 4 is 34.2 Å². The van der Waals surface area contributed by atoms with Crippen LogP contribution in [0.2, 0.25) is 0 Å². The Bertz CT molecular complexity index is 883. The van der Waals surface area contributed by atoms with Gasteiger partial charge in [-0.3, -0.25) is 10.1 Å². The number of rotatable bonds is 10. The molecule has 2 N–H and O–H groups in total. The van der Waals surface area contributed by atoms with Crippen LogP contribution in [0.4, 0.5) is 5.00 Å². The second-order valence-electron chi connectivity index (χ2n) is 6.67. The number of aryl methyl sites for hydroxylation is 1. The van der Waals surface area contributed by atoms with Gasteiger partial charge in [-0.1, -0.05) is 18.2 Å². The van der Waals surface area contributed by atoms with Gasteiger partial charge >= 0.3 is 11.9 Å². The summed E-state index contributed by atoms with van der Waals surface area (Å²) in [5, 5.41) is 6.14. The summed E-state index contributed by atoms with van der Waals surface area (Å²) < 4.78 is 15.5. The van der Waals surface area contributed by atoms with Gasteiger partial charge in [-0.25, -0.2) is 9.59 Å². The van der Waals surface area contributed by atoms with E-state index in [1.54, 1.807) is 39.0 Å². The molecule has 1 unspecified atom stereocenters. The third-order valence-electron chi connectivity index (χ3n) is 4.19. The van der Waals surface area contributed by atoms with Crippen molar-refractivity contribution in [2.45, 2.75) is 26.3 Å². The molecule has 0 spiro atoms. The predicted octanol–water partition coefficient (Wildman–Crippen LogP) is 2.77. The number of anilines is 1. The minimum Gasteiger partial charge on any atom is -0.491 e. The molecule has 0 aliphatic rings. The highest BCUT2D eigenvalue weighted by Crippen LogP contribution is 2.27. The van der Waals surface area contributed by atoms with E-state index in [-0.39, 0.29) is 25.7 Å². The van der Waals surface area contributed by atoms with Crippen molar-refractivity contribution in [1.29, 1.82) is 0 Å². The van der Waals surface area contributed by atoms with Crippen LogP contribution in [0.1, 0.15) is 29.1 Å². The molecule has 2 aromatic rings. The molecule has 0 saturated heterocycles. The second-order valence-corrected chi connectivity index (χ2v) is 7.72. The van der Waals surface area contributed by atoms with Crippen LogP contribution < -0.4 is 15.4 Å². The molecule has 1 aromatic heterocycles. The summed E-state index contributed by atoms with van der Waals surface area (Å²) in [5.41, 5.74) is -0.513. The zero-order valence-corrected chi connectivity index (χ0v) is 18.3. The number of hydrogen-bond donors (Lipinski definition) is 2. The number of benzene rings is 1. The largest absolute Gasteiger partial charge is 0.491 e. The summed E-state index contributed by atoms with van der Waals surface area (Å²) >= 11 is 1.14. The molecular formula is C21H26N2O6S. The van der Waals surface area contributed by atoms with Gasteiger partial charge in [0.1, 0.15) is 22.8 Å². The monoisotopic (exact) mass is 434 g/mol. The maximum absolute atomic E-state index is 12.4. The highest BCUT2D eigenvalue weighted by molar-refractivity contribution is 7.18. The number of thiophene rings is 1. The lowest BCUT2D eigenvalue weighted by Crippen LogP contribution is -2.56. The number of nitrogens with one attached hydrogen (secondary N) is 2. The summed E-state index contributed by atoms with van der Waals surface area (Å²) in [5.74, 6) is -0.751. The van der Waals surface area contributed by atoms with Gasteiger partial charge in [0, 0.05) is 0 Å². The van der Waals surface area contributed by atoms with Crippen LogP contribution in [0.5, 0.6) is 5.75 Å². The number of ether oxygens (including phenoxy) is 3. The van der Waals surface area contributed by atoms with Crippen LogP contribution in [0.15, 0.2) is 36.4 Å². The van der Waals surface area contributed by atoms with Gasteiger partial charge in [0.05, 0.1) is 25.3 Å². The third-order valence-corrected chi connectivity index (χ3v) is 5.32. The van der Waals surface area contributed by atoms with E-state index in [1.165, 1.54) is 7.11 Å². The van der Waals surface area contributed by atoms with Crippen molar-refractivity contribution in [1.82, 2.24) is 5.32 Å². The molecule has 0 radical (unpaired) electrons. The van der Waals surface area contributed by atoms with Gasteiger partial charge in [0.25, 0.3) is 0 Å². The average molecular weight is 435 g/mol. The van der Waals surface area contributed by atoms with Gasteiger partial charge in [-0.05, 0) is 44.5 Å². The van der Waals surface area contributed by atoms with Crippen LogP contribution in [0, 0.1) is 6.92 Å². The van der Waals surface area contributed by atoms with E-state index in [9.17, 15) is 14.4 Å². The molecular weight excluding hydrogens is 408 g/mol. The number of carbonyl (C=O) groups excluding carboxylic acids is 3. The van der Waals surface area contributed by atoms with Crippen molar-refractivity contribution in [3.63, 3.8) is 0 Å².